The number of benzene rings is 1. The van der Waals surface area contributed by atoms with Gasteiger partial charge in [0, 0.05) is 24.3 Å². The van der Waals surface area contributed by atoms with Crippen molar-refractivity contribution in [2.24, 2.45) is 0 Å². The van der Waals surface area contributed by atoms with E-state index in [1.165, 1.54) is 0 Å². The number of likely N-dealkylation sites (N-methyl/N-ethyl adjacent to an activating group) is 1. The molecular formula is C19H25N3O. The van der Waals surface area contributed by atoms with Crippen LogP contribution in [0.5, 0.6) is 0 Å². The SMILES string of the molecule is C=C(C)CN(CC)C(=O)c1ccc(Cn2nc(C)cc2C)cc1. The lowest BCUT2D eigenvalue weighted by Crippen LogP contribution is -2.32. The van der Waals surface area contributed by atoms with Crippen LogP contribution in [0, 0.1) is 13.8 Å². The van der Waals surface area contributed by atoms with Crippen molar-refractivity contribution >= 4 is 5.91 Å². The number of nitrogens with zero attached hydrogens (tertiary/aromatic N) is 3. The molecule has 1 amide bonds. The van der Waals surface area contributed by atoms with Crippen LogP contribution in [-0.2, 0) is 6.54 Å². The maximum absolute atomic E-state index is 12.5. The fourth-order valence-electron chi connectivity index (χ4n) is 2.60. The van der Waals surface area contributed by atoms with Gasteiger partial charge >= 0.3 is 0 Å². The third-order valence-electron chi connectivity index (χ3n) is 3.77. The van der Waals surface area contributed by atoms with Crippen LogP contribution in [0.3, 0.4) is 0 Å². The van der Waals surface area contributed by atoms with Gasteiger partial charge in [-0.3, -0.25) is 9.48 Å². The van der Waals surface area contributed by atoms with Gasteiger partial charge in [0.15, 0.2) is 0 Å². The molecular weight excluding hydrogens is 286 g/mol. The van der Waals surface area contributed by atoms with E-state index < -0.39 is 0 Å². The first-order valence-electron chi connectivity index (χ1n) is 7.94. The Morgan fingerprint density at radius 1 is 1.26 bits per heavy atom. The predicted octanol–water partition coefficient (Wildman–Crippen LogP) is 3.59. The molecule has 0 aliphatic carbocycles. The molecule has 0 spiro atoms. The Bertz CT molecular complexity index is 698. The van der Waals surface area contributed by atoms with Crippen molar-refractivity contribution < 1.29 is 4.79 Å². The van der Waals surface area contributed by atoms with Crippen LogP contribution in [0.25, 0.3) is 0 Å². The minimum absolute atomic E-state index is 0.0492. The number of hydrogen-bond donors (Lipinski definition) is 0. The van der Waals surface area contributed by atoms with Gasteiger partial charge in [-0.15, -0.1) is 0 Å². The number of carbonyl (C=O) groups excluding carboxylic acids is 1. The molecule has 1 aromatic carbocycles. The topological polar surface area (TPSA) is 38.1 Å². The van der Waals surface area contributed by atoms with Gasteiger partial charge in [0.05, 0.1) is 12.2 Å². The van der Waals surface area contributed by atoms with E-state index in [-0.39, 0.29) is 5.91 Å². The normalized spacial score (nSPS) is 10.6. The lowest BCUT2D eigenvalue weighted by atomic mass is 10.1. The number of hydrogen-bond acceptors (Lipinski definition) is 2. The smallest absolute Gasteiger partial charge is 0.254 e. The van der Waals surface area contributed by atoms with Crippen LogP contribution in [0.15, 0.2) is 42.5 Å². The average Bonchev–Trinajstić information content (AvgIpc) is 2.82. The molecule has 0 aliphatic rings. The van der Waals surface area contributed by atoms with Crippen molar-refractivity contribution in [2.75, 3.05) is 13.1 Å². The molecule has 0 N–H and O–H groups in total. The lowest BCUT2D eigenvalue weighted by molar-refractivity contribution is 0.0778. The minimum atomic E-state index is 0.0492. The van der Waals surface area contributed by atoms with Gasteiger partial charge < -0.3 is 4.90 Å². The molecule has 2 aromatic rings. The highest BCUT2D eigenvalue weighted by molar-refractivity contribution is 5.94. The maximum Gasteiger partial charge on any atom is 0.254 e. The molecule has 0 atom stereocenters. The number of aromatic nitrogens is 2. The maximum atomic E-state index is 12.5. The molecule has 122 valence electrons. The van der Waals surface area contributed by atoms with E-state index in [2.05, 4.69) is 24.7 Å². The number of amides is 1. The van der Waals surface area contributed by atoms with Gasteiger partial charge in [-0.1, -0.05) is 24.3 Å². The lowest BCUT2D eigenvalue weighted by Gasteiger charge is -2.21. The van der Waals surface area contributed by atoms with Crippen molar-refractivity contribution in [1.29, 1.82) is 0 Å². The monoisotopic (exact) mass is 311 g/mol. The summed E-state index contributed by atoms with van der Waals surface area (Å²) in [6.45, 7) is 13.9. The van der Waals surface area contributed by atoms with E-state index in [0.29, 0.717) is 18.7 Å². The molecule has 0 bridgehead atoms. The number of aryl methyl sites for hydroxylation is 2. The third-order valence-corrected chi connectivity index (χ3v) is 3.77. The van der Waals surface area contributed by atoms with E-state index in [9.17, 15) is 4.79 Å². The van der Waals surface area contributed by atoms with Gasteiger partial charge in [-0.2, -0.15) is 5.10 Å². The van der Waals surface area contributed by atoms with Crippen molar-refractivity contribution in [3.8, 4) is 0 Å². The zero-order valence-electron chi connectivity index (χ0n) is 14.5. The van der Waals surface area contributed by atoms with Crippen molar-refractivity contribution in [1.82, 2.24) is 14.7 Å². The van der Waals surface area contributed by atoms with Crippen molar-refractivity contribution in [3.63, 3.8) is 0 Å². The summed E-state index contributed by atoms with van der Waals surface area (Å²) in [6, 6.07) is 9.85. The predicted molar refractivity (Wildman–Crippen MR) is 93.6 cm³/mol. The Balaban J connectivity index is 2.11. The number of carbonyl (C=O) groups is 1. The van der Waals surface area contributed by atoms with Crippen LogP contribution in [0.1, 0.15) is 41.2 Å². The van der Waals surface area contributed by atoms with Gasteiger partial charge in [0.1, 0.15) is 0 Å². The molecule has 0 saturated carbocycles. The van der Waals surface area contributed by atoms with E-state index in [1.807, 2.05) is 49.7 Å². The highest BCUT2D eigenvalue weighted by Crippen LogP contribution is 2.11. The number of rotatable bonds is 6. The van der Waals surface area contributed by atoms with Gasteiger partial charge in [0.25, 0.3) is 5.91 Å². The molecule has 0 unspecified atom stereocenters. The highest BCUT2D eigenvalue weighted by atomic mass is 16.2. The zero-order chi connectivity index (χ0) is 17.0. The Morgan fingerprint density at radius 2 is 1.91 bits per heavy atom. The van der Waals surface area contributed by atoms with Crippen molar-refractivity contribution in [2.45, 2.75) is 34.2 Å². The zero-order valence-corrected chi connectivity index (χ0v) is 14.5. The van der Waals surface area contributed by atoms with Crippen LogP contribution < -0.4 is 0 Å². The molecule has 4 nitrogen and oxygen atoms in total. The first-order valence-corrected chi connectivity index (χ1v) is 7.94. The molecule has 0 fully saturated rings. The minimum Gasteiger partial charge on any atom is -0.335 e. The Kier molecular flexibility index (Phi) is 5.37. The van der Waals surface area contributed by atoms with Crippen LogP contribution in [0.2, 0.25) is 0 Å². The molecule has 2 rings (SSSR count). The molecule has 1 aromatic heterocycles. The van der Waals surface area contributed by atoms with E-state index in [0.717, 1.165) is 29.1 Å². The second kappa shape index (κ2) is 7.27. The van der Waals surface area contributed by atoms with Gasteiger partial charge in [0.2, 0.25) is 0 Å². The Hall–Kier alpha value is -2.36. The summed E-state index contributed by atoms with van der Waals surface area (Å²) >= 11 is 0. The van der Waals surface area contributed by atoms with E-state index in [1.54, 1.807) is 4.90 Å². The molecule has 0 saturated heterocycles. The van der Waals surface area contributed by atoms with Gasteiger partial charge in [-0.25, -0.2) is 0 Å². The molecule has 1 heterocycles. The summed E-state index contributed by atoms with van der Waals surface area (Å²) in [5.41, 5.74) is 5.00. The summed E-state index contributed by atoms with van der Waals surface area (Å²) in [7, 11) is 0. The van der Waals surface area contributed by atoms with Gasteiger partial charge in [-0.05, 0) is 51.5 Å². The standard InChI is InChI=1S/C19H25N3O/c1-6-21(12-14(2)3)19(23)18-9-7-17(8-10-18)13-22-16(5)11-15(4)20-22/h7-11H,2,6,12-13H2,1,3-5H3. The largest absolute Gasteiger partial charge is 0.335 e. The van der Waals surface area contributed by atoms with E-state index >= 15 is 0 Å². The summed E-state index contributed by atoms with van der Waals surface area (Å²) in [4.78, 5) is 14.3. The second-order valence-electron chi connectivity index (χ2n) is 6.06. The second-order valence-corrected chi connectivity index (χ2v) is 6.06. The van der Waals surface area contributed by atoms with Crippen LogP contribution in [-0.4, -0.2) is 33.7 Å². The summed E-state index contributed by atoms with van der Waals surface area (Å²) < 4.78 is 1.98. The quantitative estimate of drug-likeness (QED) is 0.765. The summed E-state index contributed by atoms with van der Waals surface area (Å²) in [6.07, 6.45) is 0. The fourth-order valence-corrected chi connectivity index (χ4v) is 2.60. The first-order chi connectivity index (χ1) is 10.9. The molecule has 0 radical (unpaired) electrons. The third kappa shape index (κ3) is 4.31. The van der Waals surface area contributed by atoms with E-state index in [4.69, 9.17) is 0 Å². The molecule has 4 heteroatoms. The Labute approximate surface area is 138 Å². The van der Waals surface area contributed by atoms with Crippen LogP contribution in [0.4, 0.5) is 0 Å². The first kappa shape index (κ1) is 17.0. The molecule has 23 heavy (non-hydrogen) atoms. The van der Waals surface area contributed by atoms with Crippen molar-refractivity contribution in [3.05, 3.63) is 65.0 Å². The average molecular weight is 311 g/mol. The highest BCUT2D eigenvalue weighted by Gasteiger charge is 2.14. The summed E-state index contributed by atoms with van der Waals surface area (Å²) in [5.74, 6) is 0.0492. The Morgan fingerprint density at radius 3 is 2.39 bits per heavy atom. The fraction of sp³-hybridized carbons (Fsp3) is 0.368. The molecule has 0 aliphatic heterocycles. The van der Waals surface area contributed by atoms with Crippen LogP contribution >= 0.6 is 0 Å². The summed E-state index contributed by atoms with van der Waals surface area (Å²) in [5, 5.41) is 4.47.